The molecule has 0 aromatic heterocycles. The first-order chi connectivity index (χ1) is 20.5. The van der Waals surface area contributed by atoms with Crippen LogP contribution in [0, 0.1) is 5.82 Å². The van der Waals surface area contributed by atoms with Crippen molar-refractivity contribution in [2.75, 3.05) is 60.2 Å². The minimum Gasteiger partial charge on any atom is -0.497 e. The van der Waals surface area contributed by atoms with Crippen molar-refractivity contribution in [2.24, 2.45) is 5.10 Å². The molecule has 1 fully saturated rings. The van der Waals surface area contributed by atoms with Crippen LogP contribution < -0.4 is 9.47 Å². The second-order valence-corrected chi connectivity index (χ2v) is 10.2. The summed E-state index contributed by atoms with van der Waals surface area (Å²) in [6.07, 6.45) is 0.462. The maximum absolute atomic E-state index is 14.0. The molecule has 1 saturated heterocycles. The van der Waals surface area contributed by atoms with E-state index in [9.17, 15) is 14.0 Å². The smallest absolute Gasteiger partial charge is 0.262 e. The summed E-state index contributed by atoms with van der Waals surface area (Å²) in [5, 5.41) is 6.25. The molecule has 42 heavy (non-hydrogen) atoms. The van der Waals surface area contributed by atoms with E-state index in [-0.39, 0.29) is 24.1 Å². The molecule has 10 heteroatoms. The predicted molar refractivity (Wildman–Crippen MR) is 156 cm³/mol. The molecule has 9 nitrogen and oxygen atoms in total. The molecule has 0 saturated carbocycles. The lowest BCUT2D eigenvalue weighted by Crippen LogP contribution is -2.46. The van der Waals surface area contributed by atoms with Gasteiger partial charge in [0.2, 0.25) is 0 Å². The maximum atomic E-state index is 14.0. The third-order valence-corrected chi connectivity index (χ3v) is 7.54. The Hall–Kier alpha value is -4.28. The normalized spacial score (nSPS) is 17.1. The number of hydrogen-bond donors (Lipinski definition) is 0. The van der Waals surface area contributed by atoms with Crippen LogP contribution in [0.5, 0.6) is 11.5 Å². The highest BCUT2D eigenvalue weighted by Crippen LogP contribution is 2.36. The van der Waals surface area contributed by atoms with Gasteiger partial charge >= 0.3 is 0 Å². The van der Waals surface area contributed by atoms with E-state index in [1.54, 1.807) is 26.4 Å². The van der Waals surface area contributed by atoms with E-state index in [1.165, 1.54) is 28.1 Å². The van der Waals surface area contributed by atoms with Crippen molar-refractivity contribution in [3.8, 4) is 11.5 Å². The van der Waals surface area contributed by atoms with Gasteiger partial charge in [-0.1, -0.05) is 36.4 Å². The summed E-state index contributed by atoms with van der Waals surface area (Å²) in [4.78, 5) is 31.2. The highest BCUT2D eigenvalue weighted by molar-refractivity contribution is 6.05. The number of nitrogens with zero attached hydrogens (tertiary/aromatic N) is 4. The van der Waals surface area contributed by atoms with Gasteiger partial charge in [0.1, 0.15) is 23.9 Å². The minimum absolute atomic E-state index is 0.193. The Morgan fingerprint density at radius 2 is 1.79 bits per heavy atom. The van der Waals surface area contributed by atoms with Crippen LogP contribution in [0.15, 0.2) is 77.9 Å². The lowest BCUT2D eigenvalue weighted by Gasteiger charge is -2.31. The lowest BCUT2D eigenvalue weighted by molar-refractivity contribution is -0.133. The number of rotatable bonds is 10. The van der Waals surface area contributed by atoms with Crippen LogP contribution in [-0.2, 0) is 9.53 Å². The standard InChI is InChI=1S/C32H35FN4O5/c1-40-26-11-12-27(30(20-26)41-2)28-21-29(23-7-4-3-5-8-23)37(34-28)31(38)22-36(14-13-35-15-17-42-18-16-35)32(39)24-9-6-10-25(33)19-24/h3-12,19-20,29H,13-18,21-22H2,1-2H3/t29-/m0/s1. The molecule has 5 rings (SSSR count). The number of hydrazone groups is 1. The Labute approximate surface area is 245 Å². The third-order valence-electron chi connectivity index (χ3n) is 7.54. The Kier molecular flexibility index (Phi) is 9.45. The van der Waals surface area contributed by atoms with Gasteiger partial charge in [-0.15, -0.1) is 0 Å². The van der Waals surface area contributed by atoms with Gasteiger partial charge < -0.3 is 19.1 Å². The molecule has 220 valence electrons. The van der Waals surface area contributed by atoms with Gasteiger partial charge in [-0.25, -0.2) is 9.40 Å². The van der Waals surface area contributed by atoms with Crippen LogP contribution in [0.2, 0.25) is 0 Å². The fourth-order valence-electron chi connectivity index (χ4n) is 5.25. The van der Waals surface area contributed by atoms with Gasteiger partial charge in [0.25, 0.3) is 11.8 Å². The maximum Gasteiger partial charge on any atom is 0.262 e. The summed E-state index contributed by atoms with van der Waals surface area (Å²) in [5.41, 5.74) is 2.56. The summed E-state index contributed by atoms with van der Waals surface area (Å²) in [5.74, 6) is -0.0199. The number of ether oxygens (including phenoxy) is 3. The topological polar surface area (TPSA) is 83.9 Å². The molecule has 2 aliphatic heterocycles. The molecule has 3 aromatic carbocycles. The van der Waals surface area contributed by atoms with Crippen molar-refractivity contribution in [3.63, 3.8) is 0 Å². The van der Waals surface area contributed by atoms with Crippen molar-refractivity contribution in [1.29, 1.82) is 0 Å². The number of halogens is 1. The van der Waals surface area contributed by atoms with Crippen LogP contribution in [0.1, 0.15) is 33.9 Å². The van der Waals surface area contributed by atoms with Crippen molar-refractivity contribution in [2.45, 2.75) is 12.5 Å². The summed E-state index contributed by atoms with van der Waals surface area (Å²) in [7, 11) is 3.17. The summed E-state index contributed by atoms with van der Waals surface area (Å²) < 4.78 is 30.4. The zero-order chi connectivity index (χ0) is 29.5. The van der Waals surface area contributed by atoms with E-state index in [0.717, 1.165) is 24.2 Å². The van der Waals surface area contributed by atoms with Gasteiger partial charge in [0.05, 0.1) is 39.2 Å². The van der Waals surface area contributed by atoms with Crippen molar-refractivity contribution >= 4 is 17.5 Å². The molecule has 0 spiro atoms. The van der Waals surface area contributed by atoms with Gasteiger partial charge in [-0.05, 0) is 35.9 Å². The molecule has 2 heterocycles. The molecule has 0 N–H and O–H groups in total. The zero-order valence-corrected chi connectivity index (χ0v) is 23.9. The summed E-state index contributed by atoms with van der Waals surface area (Å²) >= 11 is 0. The highest BCUT2D eigenvalue weighted by atomic mass is 19.1. The van der Waals surface area contributed by atoms with E-state index >= 15 is 0 Å². The number of hydrogen-bond acceptors (Lipinski definition) is 7. The first-order valence-corrected chi connectivity index (χ1v) is 14.0. The molecule has 0 bridgehead atoms. The second kappa shape index (κ2) is 13.6. The number of morpholine rings is 1. The Morgan fingerprint density at radius 1 is 1.00 bits per heavy atom. The number of carbonyl (C=O) groups is 2. The van der Waals surface area contributed by atoms with Crippen molar-refractivity contribution in [3.05, 3.63) is 95.3 Å². The Balaban J connectivity index is 1.43. The quantitative estimate of drug-likeness (QED) is 0.364. The van der Waals surface area contributed by atoms with Gasteiger partial charge in [-0.3, -0.25) is 14.5 Å². The fraction of sp³-hybridized carbons (Fsp3) is 0.344. The molecule has 1 atom stereocenters. The average Bonchev–Trinajstić information content (AvgIpc) is 3.49. The lowest BCUT2D eigenvalue weighted by atomic mass is 9.98. The number of benzene rings is 3. The molecule has 0 radical (unpaired) electrons. The number of carbonyl (C=O) groups excluding carboxylic acids is 2. The molecule has 0 aliphatic carbocycles. The average molecular weight is 575 g/mol. The third kappa shape index (κ3) is 6.78. The van der Waals surface area contributed by atoms with Gasteiger partial charge in [0.15, 0.2) is 0 Å². The second-order valence-electron chi connectivity index (χ2n) is 10.2. The van der Waals surface area contributed by atoms with Crippen molar-refractivity contribution in [1.82, 2.24) is 14.8 Å². The van der Waals surface area contributed by atoms with E-state index in [1.807, 2.05) is 42.5 Å². The Morgan fingerprint density at radius 3 is 2.50 bits per heavy atom. The highest BCUT2D eigenvalue weighted by Gasteiger charge is 2.35. The molecule has 2 amide bonds. The van der Waals surface area contributed by atoms with Gasteiger partial charge in [-0.2, -0.15) is 5.10 Å². The molecule has 2 aliphatic rings. The Bertz CT molecular complexity index is 1430. The number of methoxy groups -OCH3 is 2. The zero-order valence-electron chi connectivity index (χ0n) is 23.9. The van der Waals surface area contributed by atoms with Crippen LogP contribution in [0.4, 0.5) is 4.39 Å². The van der Waals surface area contributed by atoms with Crippen LogP contribution in [-0.4, -0.2) is 92.5 Å². The molecular formula is C32H35FN4O5. The van der Waals surface area contributed by atoms with Crippen LogP contribution >= 0.6 is 0 Å². The largest absolute Gasteiger partial charge is 0.497 e. The van der Waals surface area contributed by atoms with E-state index in [4.69, 9.17) is 19.3 Å². The molecule has 0 unspecified atom stereocenters. The molecular weight excluding hydrogens is 539 g/mol. The van der Waals surface area contributed by atoms with Crippen LogP contribution in [0.3, 0.4) is 0 Å². The fourth-order valence-corrected chi connectivity index (χ4v) is 5.25. The van der Waals surface area contributed by atoms with Crippen molar-refractivity contribution < 1.29 is 28.2 Å². The summed E-state index contributed by atoms with van der Waals surface area (Å²) in [6, 6.07) is 20.3. The van der Waals surface area contributed by atoms with Crippen LogP contribution in [0.25, 0.3) is 0 Å². The van der Waals surface area contributed by atoms with E-state index < -0.39 is 11.7 Å². The SMILES string of the molecule is COc1ccc(C2=NN(C(=O)CN(CCN3CCOCC3)C(=O)c3cccc(F)c3)[C@H](c3ccccc3)C2)c(OC)c1. The molecule has 3 aromatic rings. The minimum atomic E-state index is -0.508. The number of amides is 2. The summed E-state index contributed by atoms with van der Waals surface area (Å²) in [6.45, 7) is 3.39. The van der Waals surface area contributed by atoms with E-state index in [2.05, 4.69) is 4.90 Å². The van der Waals surface area contributed by atoms with Gasteiger partial charge in [0, 0.05) is 49.8 Å². The monoisotopic (exact) mass is 574 g/mol. The van der Waals surface area contributed by atoms with E-state index in [0.29, 0.717) is 49.9 Å². The predicted octanol–water partition coefficient (Wildman–Crippen LogP) is 4.00. The first kappa shape index (κ1) is 29.2. The first-order valence-electron chi connectivity index (χ1n) is 14.0.